The largest absolute Gasteiger partial charge is 0.478 e. The smallest absolute Gasteiger partial charge is 0.335 e. The number of fused-ring (bicyclic) bond motifs is 1. The van der Waals surface area contributed by atoms with Gasteiger partial charge < -0.3 is 19.1 Å². The molecule has 2 aromatic heterocycles. The molecule has 7 nitrogen and oxygen atoms in total. The average Bonchev–Trinajstić information content (AvgIpc) is 3.53. The van der Waals surface area contributed by atoms with Crippen LogP contribution in [-0.2, 0) is 17.8 Å². The molecule has 1 saturated heterocycles. The second-order valence-corrected chi connectivity index (χ2v) is 11.9. The van der Waals surface area contributed by atoms with Crippen molar-refractivity contribution in [2.75, 3.05) is 13.2 Å². The Bertz CT molecular complexity index is 1960. The molecule has 0 radical (unpaired) electrons. The predicted molar refractivity (Wildman–Crippen MR) is 158 cm³/mol. The van der Waals surface area contributed by atoms with Crippen molar-refractivity contribution in [1.82, 2.24) is 14.5 Å². The summed E-state index contributed by atoms with van der Waals surface area (Å²) in [6, 6.07) is 12.6. The van der Waals surface area contributed by atoms with E-state index in [0.29, 0.717) is 30.1 Å². The number of benzene rings is 3. The van der Waals surface area contributed by atoms with Crippen LogP contribution in [0.3, 0.4) is 0 Å². The van der Waals surface area contributed by atoms with Gasteiger partial charge in [0.2, 0.25) is 5.88 Å². The summed E-state index contributed by atoms with van der Waals surface area (Å²) in [5, 5.41) is 9.21. The van der Waals surface area contributed by atoms with E-state index in [0.717, 1.165) is 24.3 Å². The molecule has 0 amide bonds. The number of nitrogens with zero attached hydrogens (tertiary/aromatic N) is 3. The lowest BCUT2D eigenvalue weighted by molar-refractivity contribution is 0.0697. The van der Waals surface area contributed by atoms with Crippen molar-refractivity contribution in [3.63, 3.8) is 0 Å². The minimum absolute atomic E-state index is 0.0120. The van der Waals surface area contributed by atoms with Gasteiger partial charge in [0.25, 0.3) is 0 Å². The molecule has 12 heteroatoms. The third kappa shape index (κ3) is 5.97. The zero-order valence-corrected chi connectivity index (χ0v) is 24.8. The number of pyridine rings is 1. The van der Waals surface area contributed by atoms with Gasteiger partial charge in [-0.2, -0.15) is 0 Å². The molecule has 0 saturated carbocycles. The van der Waals surface area contributed by atoms with Crippen molar-refractivity contribution in [2.45, 2.75) is 32.9 Å². The standard InChI is InChI=1S/C33H26ClF4N3O4/c1-33(2)16-44-15-29(33)41-28-10-17(32(42)43)6-7-27(28)39-30(41)11-18-8-24(37)20(12-22(18)35)26-4-3-5-31(40-26)45-14-19-9-25(38)21(34)13-23(19)36/h3-10,12-13,29H,11,14-16H2,1-2H3,(H,42,43)/t29-/m1/s1. The molecular weight excluding hydrogens is 614 g/mol. The first-order valence-electron chi connectivity index (χ1n) is 13.9. The van der Waals surface area contributed by atoms with Crippen molar-refractivity contribution in [3.8, 4) is 17.1 Å². The van der Waals surface area contributed by atoms with Crippen LogP contribution in [-0.4, -0.2) is 38.8 Å². The topological polar surface area (TPSA) is 86.5 Å². The van der Waals surface area contributed by atoms with Crippen LogP contribution in [0.25, 0.3) is 22.3 Å². The second kappa shape index (κ2) is 11.8. The highest BCUT2D eigenvalue weighted by Crippen LogP contribution is 2.40. The van der Waals surface area contributed by atoms with Gasteiger partial charge in [-0.05, 0) is 54.1 Å². The van der Waals surface area contributed by atoms with Gasteiger partial charge in [-0.15, -0.1) is 0 Å². The monoisotopic (exact) mass is 639 g/mol. The van der Waals surface area contributed by atoms with Crippen LogP contribution in [0, 0.1) is 28.7 Å². The summed E-state index contributed by atoms with van der Waals surface area (Å²) in [6.07, 6.45) is -0.0769. The van der Waals surface area contributed by atoms with E-state index in [1.165, 1.54) is 30.3 Å². The van der Waals surface area contributed by atoms with Crippen LogP contribution >= 0.6 is 11.6 Å². The number of hydrogen-bond acceptors (Lipinski definition) is 5. The fourth-order valence-corrected chi connectivity index (χ4v) is 5.64. The van der Waals surface area contributed by atoms with Crippen molar-refractivity contribution < 1.29 is 36.9 Å². The Labute approximate surface area is 260 Å². The van der Waals surface area contributed by atoms with Crippen molar-refractivity contribution in [1.29, 1.82) is 0 Å². The first kappa shape index (κ1) is 30.5. The predicted octanol–water partition coefficient (Wildman–Crippen LogP) is 7.77. The molecule has 5 aromatic rings. The Kier molecular flexibility index (Phi) is 8.00. The van der Waals surface area contributed by atoms with Gasteiger partial charge in [0.1, 0.15) is 35.7 Å². The van der Waals surface area contributed by atoms with E-state index in [1.807, 2.05) is 18.4 Å². The van der Waals surface area contributed by atoms with E-state index in [-0.39, 0.29) is 63.3 Å². The maximum atomic E-state index is 15.6. The molecule has 1 aliphatic heterocycles. The van der Waals surface area contributed by atoms with Crippen LogP contribution in [0.4, 0.5) is 17.6 Å². The molecule has 232 valence electrons. The van der Waals surface area contributed by atoms with E-state index < -0.39 is 29.2 Å². The third-order valence-corrected chi connectivity index (χ3v) is 8.21. The highest BCUT2D eigenvalue weighted by molar-refractivity contribution is 6.30. The van der Waals surface area contributed by atoms with Crippen LogP contribution < -0.4 is 4.74 Å². The Balaban J connectivity index is 1.31. The Morgan fingerprint density at radius 3 is 2.49 bits per heavy atom. The van der Waals surface area contributed by atoms with E-state index in [2.05, 4.69) is 9.97 Å². The Hall–Kier alpha value is -4.48. The molecule has 3 aromatic carbocycles. The number of halogens is 5. The lowest BCUT2D eigenvalue weighted by Gasteiger charge is -2.28. The highest BCUT2D eigenvalue weighted by Gasteiger charge is 2.39. The zero-order chi connectivity index (χ0) is 32.0. The molecule has 0 spiro atoms. The van der Waals surface area contributed by atoms with Crippen LogP contribution in [0.2, 0.25) is 5.02 Å². The Morgan fingerprint density at radius 2 is 1.76 bits per heavy atom. The number of aromatic carboxylic acids is 1. The molecule has 45 heavy (non-hydrogen) atoms. The fourth-order valence-electron chi connectivity index (χ4n) is 5.49. The molecule has 1 N–H and O–H groups in total. The molecule has 6 rings (SSSR count). The number of carboxylic acid groups (broad SMARTS) is 1. The number of hydrogen-bond donors (Lipinski definition) is 1. The number of aromatic nitrogens is 3. The maximum Gasteiger partial charge on any atom is 0.335 e. The normalized spacial score (nSPS) is 15.9. The van der Waals surface area contributed by atoms with Gasteiger partial charge in [-0.3, -0.25) is 0 Å². The molecule has 1 aliphatic rings. The summed E-state index contributed by atoms with van der Waals surface area (Å²) in [7, 11) is 0. The van der Waals surface area contributed by atoms with Crippen LogP contribution in [0.15, 0.2) is 60.7 Å². The van der Waals surface area contributed by atoms with Gasteiger partial charge >= 0.3 is 5.97 Å². The van der Waals surface area contributed by atoms with Gasteiger partial charge in [0.05, 0.1) is 46.6 Å². The summed E-state index contributed by atoms with van der Waals surface area (Å²) in [4.78, 5) is 20.6. The molecule has 1 fully saturated rings. The van der Waals surface area contributed by atoms with Gasteiger partial charge in [0, 0.05) is 29.0 Å². The minimum atomic E-state index is -1.09. The van der Waals surface area contributed by atoms with Gasteiger partial charge in [-0.25, -0.2) is 32.3 Å². The second-order valence-electron chi connectivity index (χ2n) is 11.5. The van der Waals surface area contributed by atoms with E-state index >= 15 is 8.78 Å². The minimum Gasteiger partial charge on any atom is -0.478 e. The number of carbonyl (C=O) groups is 1. The summed E-state index contributed by atoms with van der Waals surface area (Å²) < 4.78 is 72.2. The lowest BCUT2D eigenvalue weighted by atomic mass is 9.87. The lowest BCUT2D eigenvalue weighted by Crippen LogP contribution is -2.27. The van der Waals surface area contributed by atoms with E-state index in [9.17, 15) is 18.7 Å². The van der Waals surface area contributed by atoms with Gasteiger partial charge in [-0.1, -0.05) is 31.5 Å². The third-order valence-electron chi connectivity index (χ3n) is 7.92. The maximum absolute atomic E-state index is 15.6. The highest BCUT2D eigenvalue weighted by atomic mass is 35.5. The van der Waals surface area contributed by atoms with Crippen LogP contribution in [0.5, 0.6) is 5.88 Å². The van der Waals surface area contributed by atoms with Crippen molar-refractivity contribution in [2.24, 2.45) is 5.41 Å². The quantitative estimate of drug-likeness (QED) is 0.138. The Morgan fingerprint density at radius 1 is 1.00 bits per heavy atom. The zero-order valence-electron chi connectivity index (χ0n) is 24.1. The molecule has 1 atom stereocenters. The first-order chi connectivity index (χ1) is 21.4. The SMILES string of the molecule is CC1(C)COC[C@H]1n1c(Cc2cc(F)c(-c3cccc(OCc4cc(F)c(Cl)cc4F)n3)cc2F)nc2ccc(C(=O)O)cc21. The summed E-state index contributed by atoms with van der Waals surface area (Å²) in [5.41, 5.74) is 0.718. The number of ether oxygens (including phenoxy) is 2. The molecule has 3 heterocycles. The summed E-state index contributed by atoms with van der Waals surface area (Å²) in [6.45, 7) is 4.48. The molecule has 0 aliphatic carbocycles. The molecule has 0 unspecified atom stereocenters. The fraction of sp³-hybridized carbons (Fsp3) is 0.242. The van der Waals surface area contributed by atoms with Crippen molar-refractivity contribution in [3.05, 3.63) is 111 Å². The number of imidazole rings is 1. The number of rotatable bonds is 8. The summed E-state index contributed by atoms with van der Waals surface area (Å²) >= 11 is 5.60. The van der Waals surface area contributed by atoms with Crippen LogP contribution in [0.1, 0.15) is 47.2 Å². The van der Waals surface area contributed by atoms with Gasteiger partial charge in [0.15, 0.2) is 0 Å². The average molecular weight is 640 g/mol. The van der Waals surface area contributed by atoms with Crippen molar-refractivity contribution >= 4 is 28.6 Å². The first-order valence-corrected chi connectivity index (χ1v) is 14.3. The van der Waals surface area contributed by atoms with E-state index in [1.54, 1.807) is 6.07 Å². The number of carboxylic acids is 1. The molecular formula is C33H26ClF4N3O4. The van der Waals surface area contributed by atoms with E-state index in [4.69, 9.17) is 21.1 Å². The molecule has 0 bridgehead atoms. The summed E-state index contributed by atoms with van der Waals surface area (Å²) in [5.74, 6) is -3.69.